The molecule has 0 atom stereocenters. The topological polar surface area (TPSA) is 86.6 Å². The quantitative estimate of drug-likeness (QED) is 0.476. The van der Waals surface area contributed by atoms with Crippen molar-refractivity contribution in [2.75, 3.05) is 21.3 Å². The van der Waals surface area contributed by atoms with Crippen LogP contribution < -0.4 is 18.9 Å². The zero-order chi connectivity index (χ0) is 22.9. The van der Waals surface area contributed by atoms with Crippen molar-refractivity contribution in [3.63, 3.8) is 0 Å². The maximum absolute atomic E-state index is 11.5. The van der Waals surface area contributed by atoms with Crippen molar-refractivity contribution in [2.45, 2.75) is 13.2 Å². The van der Waals surface area contributed by atoms with Crippen LogP contribution in [0.25, 0.3) is 0 Å². The molecule has 0 aliphatic rings. The minimum absolute atomic E-state index is 0.0546. The summed E-state index contributed by atoms with van der Waals surface area (Å²) >= 11 is 0. The first-order valence-corrected chi connectivity index (χ1v) is 9.90. The highest BCUT2D eigenvalue weighted by Crippen LogP contribution is 2.31. The van der Waals surface area contributed by atoms with Crippen molar-refractivity contribution in [1.82, 2.24) is 0 Å². The molecular weight excluding hydrogens is 410 g/mol. The predicted octanol–water partition coefficient (Wildman–Crippen LogP) is 4.37. The summed E-state index contributed by atoms with van der Waals surface area (Å²) in [5.74, 6) is 1.33. The van der Waals surface area contributed by atoms with Crippen LogP contribution in [0.1, 0.15) is 16.7 Å². The highest BCUT2D eigenvalue weighted by atomic mass is 16.5. The number of benzene rings is 3. The molecule has 0 saturated heterocycles. The zero-order valence-electron chi connectivity index (χ0n) is 18.2. The van der Waals surface area contributed by atoms with Gasteiger partial charge in [-0.3, -0.25) is 4.99 Å². The average Bonchev–Trinajstić information content (AvgIpc) is 2.83. The Morgan fingerprint density at radius 3 is 1.72 bits per heavy atom. The Hall–Kier alpha value is -4.00. The number of carbonyl (C=O) groups is 1. The van der Waals surface area contributed by atoms with E-state index in [4.69, 9.17) is 18.9 Å². The smallest absolute Gasteiger partial charge is 0.354 e. The lowest BCUT2D eigenvalue weighted by molar-refractivity contribution is -0.129. The van der Waals surface area contributed by atoms with Gasteiger partial charge in [0.15, 0.2) is 11.5 Å². The van der Waals surface area contributed by atoms with E-state index in [0.29, 0.717) is 23.7 Å². The molecule has 3 aromatic rings. The van der Waals surface area contributed by atoms with Gasteiger partial charge in [0.05, 0.1) is 14.2 Å². The van der Waals surface area contributed by atoms with E-state index in [2.05, 4.69) is 4.99 Å². The van der Waals surface area contributed by atoms with E-state index in [1.807, 2.05) is 48.5 Å². The summed E-state index contributed by atoms with van der Waals surface area (Å²) in [6, 6.07) is 20.0. The number of carboxylic acid groups (broad SMARTS) is 1. The molecule has 0 saturated carbocycles. The van der Waals surface area contributed by atoms with Crippen LogP contribution in [0.4, 0.5) is 0 Å². The van der Waals surface area contributed by atoms with Crippen molar-refractivity contribution in [2.24, 2.45) is 4.99 Å². The molecule has 0 aromatic heterocycles. The van der Waals surface area contributed by atoms with Crippen LogP contribution in [0.3, 0.4) is 0 Å². The predicted molar refractivity (Wildman–Crippen MR) is 121 cm³/mol. The standard InChI is InChI=1S/C25H25NO6/c1-26-24(25(27)28)19-8-13-22(31-15-17-4-9-20(29-2)10-5-17)23(14-19)32-16-18-6-11-21(30-3)12-7-18/h4-14H,15-16H2,1-3H3,(H,27,28)/b26-24-. The SMILES string of the molecule is C/N=C(\C(=O)O)c1ccc(OCc2ccc(OC)cc2)c(OCc2ccc(OC)cc2)c1. The second kappa shape index (κ2) is 10.9. The molecule has 0 aliphatic heterocycles. The molecule has 166 valence electrons. The molecule has 1 N–H and O–H groups in total. The number of methoxy groups -OCH3 is 2. The van der Waals surface area contributed by atoms with Crippen molar-refractivity contribution >= 4 is 11.7 Å². The van der Waals surface area contributed by atoms with Crippen LogP contribution in [0.5, 0.6) is 23.0 Å². The van der Waals surface area contributed by atoms with Gasteiger partial charge in [-0.1, -0.05) is 24.3 Å². The first-order valence-electron chi connectivity index (χ1n) is 9.90. The van der Waals surface area contributed by atoms with E-state index in [0.717, 1.165) is 22.6 Å². The van der Waals surface area contributed by atoms with Gasteiger partial charge in [0.1, 0.15) is 30.4 Å². The average molecular weight is 435 g/mol. The summed E-state index contributed by atoms with van der Waals surface area (Å²) in [4.78, 5) is 15.4. The van der Waals surface area contributed by atoms with Crippen molar-refractivity contribution in [1.29, 1.82) is 0 Å². The number of hydrogen-bond donors (Lipinski definition) is 1. The Bertz CT molecular complexity index is 1070. The van der Waals surface area contributed by atoms with Gasteiger partial charge in [-0.15, -0.1) is 0 Å². The Morgan fingerprint density at radius 1 is 0.781 bits per heavy atom. The minimum Gasteiger partial charge on any atom is -0.497 e. The van der Waals surface area contributed by atoms with Gasteiger partial charge in [-0.2, -0.15) is 0 Å². The Balaban J connectivity index is 1.82. The van der Waals surface area contributed by atoms with Crippen LogP contribution in [0, 0.1) is 0 Å². The number of aliphatic imine (C=N–C) groups is 1. The molecular formula is C25H25NO6. The van der Waals surface area contributed by atoms with E-state index in [-0.39, 0.29) is 12.3 Å². The Kier molecular flexibility index (Phi) is 7.70. The molecule has 0 spiro atoms. The molecule has 7 nitrogen and oxygen atoms in total. The van der Waals surface area contributed by atoms with Gasteiger partial charge >= 0.3 is 5.97 Å². The number of aliphatic carboxylic acids is 1. The fraction of sp³-hybridized carbons (Fsp3) is 0.200. The second-order valence-corrected chi connectivity index (χ2v) is 6.81. The third-order valence-corrected chi connectivity index (χ3v) is 4.75. The van der Waals surface area contributed by atoms with Crippen LogP contribution in [-0.2, 0) is 18.0 Å². The summed E-state index contributed by atoms with van der Waals surface area (Å²) in [6.07, 6.45) is 0. The van der Waals surface area contributed by atoms with E-state index in [1.165, 1.54) is 7.05 Å². The lowest BCUT2D eigenvalue weighted by atomic mass is 10.1. The maximum atomic E-state index is 11.5. The monoisotopic (exact) mass is 435 g/mol. The van der Waals surface area contributed by atoms with Crippen molar-refractivity contribution in [3.8, 4) is 23.0 Å². The van der Waals surface area contributed by atoms with Crippen LogP contribution in [0.2, 0.25) is 0 Å². The highest BCUT2D eigenvalue weighted by molar-refractivity contribution is 6.42. The lowest BCUT2D eigenvalue weighted by Crippen LogP contribution is -2.14. The fourth-order valence-corrected chi connectivity index (χ4v) is 3.00. The van der Waals surface area contributed by atoms with Crippen LogP contribution in [-0.4, -0.2) is 38.1 Å². The summed E-state index contributed by atoms with van der Waals surface area (Å²) in [5, 5.41) is 9.41. The molecule has 7 heteroatoms. The Morgan fingerprint density at radius 2 is 1.28 bits per heavy atom. The molecule has 0 aliphatic carbocycles. The normalized spacial score (nSPS) is 11.0. The lowest BCUT2D eigenvalue weighted by Gasteiger charge is -2.15. The summed E-state index contributed by atoms with van der Waals surface area (Å²) in [5.41, 5.74) is 2.26. The molecule has 3 rings (SSSR count). The molecule has 0 unspecified atom stereocenters. The largest absolute Gasteiger partial charge is 0.497 e. The van der Waals surface area contributed by atoms with E-state index in [1.54, 1.807) is 32.4 Å². The molecule has 0 fully saturated rings. The molecule has 0 radical (unpaired) electrons. The highest BCUT2D eigenvalue weighted by Gasteiger charge is 2.16. The van der Waals surface area contributed by atoms with E-state index < -0.39 is 5.97 Å². The number of hydrogen-bond acceptors (Lipinski definition) is 6. The molecule has 0 heterocycles. The van der Waals surface area contributed by atoms with Gasteiger partial charge in [0.2, 0.25) is 0 Å². The van der Waals surface area contributed by atoms with Crippen molar-refractivity contribution in [3.05, 3.63) is 83.4 Å². The van der Waals surface area contributed by atoms with E-state index in [9.17, 15) is 9.90 Å². The first-order chi connectivity index (χ1) is 15.5. The maximum Gasteiger partial charge on any atom is 0.354 e. The van der Waals surface area contributed by atoms with Gasteiger partial charge in [-0.05, 0) is 53.6 Å². The summed E-state index contributed by atoms with van der Waals surface area (Å²) in [6.45, 7) is 0.591. The van der Waals surface area contributed by atoms with Gasteiger partial charge in [-0.25, -0.2) is 4.79 Å². The second-order valence-electron chi connectivity index (χ2n) is 6.81. The van der Waals surface area contributed by atoms with Gasteiger partial charge in [0, 0.05) is 12.6 Å². The molecule has 0 amide bonds. The van der Waals surface area contributed by atoms with Crippen LogP contribution in [0.15, 0.2) is 71.7 Å². The first kappa shape index (κ1) is 22.7. The fourth-order valence-electron chi connectivity index (χ4n) is 3.00. The van der Waals surface area contributed by atoms with Crippen LogP contribution >= 0.6 is 0 Å². The molecule has 0 bridgehead atoms. The van der Waals surface area contributed by atoms with Gasteiger partial charge in [0.25, 0.3) is 0 Å². The van der Waals surface area contributed by atoms with Crippen molar-refractivity contribution < 1.29 is 28.8 Å². The number of nitrogens with zero attached hydrogens (tertiary/aromatic N) is 1. The van der Waals surface area contributed by atoms with E-state index >= 15 is 0 Å². The zero-order valence-corrected chi connectivity index (χ0v) is 18.2. The number of ether oxygens (including phenoxy) is 4. The third-order valence-electron chi connectivity index (χ3n) is 4.75. The summed E-state index contributed by atoms with van der Waals surface area (Å²) < 4.78 is 22.3. The molecule has 32 heavy (non-hydrogen) atoms. The number of rotatable bonds is 10. The minimum atomic E-state index is -1.11. The third kappa shape index (κ3) is 5.78. The Labute approximate surface area is 186 Å². The number of carboxylic acids is 1. The summed E-state index contributed by atoms with van der Waals surface area (Å²) in [7, 11) is 4.67. The van der Waals surface area contributed by atoms with Gasteiger partial charge < -0.3 is 24.1 Å². The molecule has 3 aromatic carbocycles.